The van der Waals surface area contributed by atoms with Gasteiger partial charge in [0.2, 0.25) is 5.91 Å². The van der Waals surface area contributed by atoms with Crippen LogP contribution in [0, 0.1) is 5.92 Å². The normalized spacial score (nSPS) is 32.8. The van der Waals surface area contributed by atoms with E-state index in [1.54, 1.807) is 0 Å². The fraction of sp³-hybridized carbons (Fsp3) is 0.773. The van der Waals surface area contributed by atoms with Crippen LogP contribution >= 0.6 is 0 Å². The molecule has 29 heavy (non-hydrogen) atoms. The average Bonchev–Trinajstić information content (AvgIpc) is 3.01. The summed E-state index contributed by atoms with van der Waals surface area (Å²) in [7, 11) is 0. The van der Waals surface area contributed by atoms with Crippen LogP contribution in [0.25, 0.3) is 0 Å². The second-order valence-corrected chi connectivity index (χ2v) is 9.48. The minimum atomic E-state index is -0.542. The topological polar surface area (TPSA) is 87.7 Å². The molecule has 2 heterocycles. The minimum absolute atomic E-state index is 0.0609. The molecule has 0 aromatic rings. The van der Waals surface area contributed by atoms with Crippen LogP contribution in [0.4, 0.5) is 4.79 Å². The molecule has 0 spiro atoms. The number of nitrogens with one attached hydrogen (secondary N) is 2. The fourth-order valence-electron chi connectivity index (χ4n) is 4.26. The van der Waals surface area contributed by atoms with Crippen molar-refractivity contribution < 1.29 is 19.1 Å². The predicted octanol–water partition coefficient (Wildman–Crippen LogP) is 2.55. The molecule has 2 amide bonds. The summed E-state index contributed by atoms with van der Waals surface area (Å²) in [6.07, 6.45) is 10.3. The lowest BCUT2D eigenvalue weighted by atomic mass is 10.1. The first-order chi connectivity index (χ1) is 13.7. The van der Waals surface area contributed by atoms with E-state index in [-0.39, 0.29) is 35.7 Å². The van der Waals surface area contributed by atoms with E-state index in [0.717, 1.165) is 51.5 Å². The number of hydrogen-bond donors (Lipinski definition) is 2. The van der Waals surface area contributed by atoms with Crippen LogP contribution in [-0.2, 0) is 14.3 Å². The Balaban J connectivity index is 1.67. The Morgan fingerprint density at radius 1 is 1.17 bits per heavy atom. The maximum absolute atomic E-state index is 12.8. The summed E-state index contributed by atoms with van der Waals surface area (Å²) in [5.41, 5.74) is -0.542. The zero-order valence-electron chi connectivity index (χ0n) is 17.9. The number of allylic oxidation sites excluding steroid dienone is 1. The van der Waals surface area contributed by atoms with Crippen LogP contribution in [0.1, 0.15) is 65.7 Å². The standard InChI is InChI=1S/C22H35N3O4/c1-22(2,3)29-21(28)23-15-10-7-5-4-6-8-11-16-18(19(16)26)24-20(27)17-12-9-13-25(17)14-15/h8,11,15-18H,4-7,9-10,12-14H2,1-3H3,(H,23,28)(H,24,27)/b11-8-. The quantitative estimate of drug-likeness (QED) is 0.655. The van der Waals surface area contributed by atoms with Gasteiger partial charge in [-0.05, 0) is 59.4 Å². The van der Waals surface area contributed by atoms with Crippen LogP contribution < -0.4 is 10.6 Å². The monoisotopic (exact) mass is 405 g/mol. The number of ether oxygens (including phenoxy) is 1. The van der Waals surface area contributed by atoms with Gasteiger partial charge in [-0.15, -0.1) is 0 Å². The second-order valence-electron chi connectivity index (χ2n) is 9.48. The fourth-order valence-corrected chi connectivity index (χ4v) is 4.26. The van der Waals surface area contributed by atoms with Crippen molar-refractivity contribution in [1.29, 1.82) is 0 Å². The van der Waals surface area contributed by atoms with Crippen LogP contribution in [0.2, 0.25) is 0 Å². The highest BCUT2D eigenvalue weighted by atomic mass is 16.6. The molecular formula is C22H35N3O4. The molecule has 0 aromatic heterocycles. The average molecular weight is 406 g/mol. The van der Waals surface area contributed by atoms with Crippen molar-refractivity contribution in [2.45, 2.75) is 89.4 Å². The summed E-state index contributed by atoms with van der Waals surface area (Å²) < 4.78 is 5.44. The largest absolute Gasteiger partial charge is 0.444 e. The zero-order chi connectivity index (χ0) is 21.0. The third-order valence-electron chi connectivity index (χ3n) is 5.79. The molecule has 3 aliphatic rings. The van der Waals surface area contributed by atoms with E-state index in [0.29, 0.717) is 6.54 Å². The molecule has 7 nitrogen and oxygen atoms in total. The molecular weight excluding hydrogens is 370 g/mol. The van der Waals surface area contributed by atoms with Crippen LogP contribution in [0.3, 0.4) is 0 Å². The van der Waals surface area contributed by atoms with Crippen LogP contribution in [0.15, 0.2) is 12.2 Å². The summed E-state index contributed by atoms with van der Waals surface area (Å²) in [5.74, 6) is -0.112. The molecule has 0 aromatic carbocycles. The van der Waals surface area contributed by atoms with E-state index >= 15 is 0 Å². The van der Waals surface area contributed by atoms with Gasteiger partial charge in [-0.25, -0.2) is 4.79 Å². The van der Waals surface area contributed by atoms with E-state index < -0.39 is 11.7 Å². The second kappa shape index (κ2) is 9.28. The number of ketones is 1. The number of fused-ring (bicyclic) bond motifs is 2. The lowest BCUT2D eigenvalue weighted by Crippen LogP contribution is -2.50. The molecule has 4 atom stereocenters. The van der Waals surface area contributed by atoms with Gasteiger partial charge < -0.3 is 15.4 Å². The third kappa shape index (κ3) is 6.29. The van der Waals surface area contributed by atoms with Gasteiger partial charge in [0.15, 0.2) is 5.78 Å². The first-order valence-corrected chi connectivity index (χ1v) is 11.0. The van der Waals surface area contributed by atoms with Crippen molar-refractivity contribution >= 4 is 17.8 Å². The Morgan fingerprint density at radius 2 is 1.97 bits per heavy atom. The molecule has 3 rings (SSSR count). The van der Waals surface area contributed by atoms with Crippen molar-refractivity contribution in [3.63, 3.8) is 0 Å². The van der Waals surface area contributed by atoms with E-state index in [1.165, 1.54) is 0 Å². The molecule has 4 unspecified atom stereocenters. The van der Waals surface area contributed by atoms with E-state index in [4.69, 9.17) is 4.74 Å². The molecule has 162 valence electrons. The SMILES string of the molecule is CC(C)(C)OC(=O)NC1CCCCC/C=C\C2C(=O)C2NC(=O)C2CCCN2C1. The third-order valence-corrected chi connectivity index (χ3v) is 5.79. The highest BCUT2D eigenvalue weighted by molar-refractivity contribution is 6.07. The first-order valence-electron chi connectivity index (χ1n) is 11.0. The molecule has 2 fully saturated rings. The van der Waals surface area contributed by atoms with Crippen molar-refractivity contribution in [3.05, 3.63) is 12.2 Å². The van der Waals surface area contributed by atoms with Crippen molar-refractivity contribution in [1.82, 2.24) is 15.5 Å². The summed E-state index contributed by atoms with van der Waals surface area (Å²) in [4.78, 5) is 39.2. The van der Waals surface area contributed by atoms with Gasteiger partial charge in [-0.1, -0.05) is 25.0 Å². The number of carbonyl (C=O) groups excluding carboxylic acids is 3. The first kappa shape index (κ1) is 21.8. The number of carbonyl (C=O) groups is 3. The number of Topliss-reactive ketones (excluding diaryl/α,β-unsaturated/α-hetero) is 1. The lowest BCUT2D eigenvalue weighted by Gasteiger charge is -2.30. The van der Waals surface area contributed by atoms with Crippen molar-refractivity contribution in [2.75, 3.05) is 13.1 Å². The van der Waals surface area contributed by atoms with E-state index in [9.17, 15) is 14.4 Å². The predicted molar refractivity (Wildman–Crippen MR) is 110 cm³/mol. The zero-order valence-corrected chi connectivity index (χ0v) is 17.9. The van der Waals surface area contributed by atoms with Gasteiger partial charge in [-0.2, -0.15) is 0 Å². The number of amides is 2. The number of alkyl carbamates (subject to hydrolysis) is 1. The van der Waals surface area contributed by atoms with Crippen molar-refractivity contribution in [2.24, 2.45) is 5.92 Å². The molecule has 0 bridgehead atoms. The number of hydrogen-bond acceptors (Lipinski definition) is 5. The van der Waals surface area contributed by atoms with Crippen molar-refractivity contribution in [3.8, 4) is 0 Å². The molecule has 7 heteroatoms. The number of nitrogens with zero attached hydrogens (tertiary/aromatic N) is 1. The Hall–Kier alpha value is -1.89. The summed E-state index contributed by atoms with van der Waals surface area (Å²) in [6.45, 7) is 7.00. The van der Waals surface area contributed by atoms with Gasteiger partial charge in [0.1, 0.15) is 11.6 Å². The summed E-state index contributed by atoms with van der Waals surface area (Å²) >= 11 is 0. The highest BCUT2D eigenvalue weighted by Gasteiger charge is 2.49. The van der Waals surface area contributed by atoms with Gasteiger partial charge in [0.25, 0.3) is 0 Å². The molecule has 2 N–H and O–H groups in total. The smallest absolute Gasteiger partial charge is 0.407 e. The molecule has 2 aliphatic heterocycles. The summed E-state index contributed by atoms with van der Waals surface area (Å²) in [6, 6.07) is -0.655. The Morgan fingerprint density at radius 3 is 2.72 bits per heavy atom. The van der Waals surface area contributed by atoms with Gasteiger partial charge in [-0.3, -0.25) is 14.5 Å². The maximum atomic E-state index is 12.8. The van der Waals surface area contributed by atoms with Gasteiger partial charge in [0.05, 0.1) is 12.0 Å². The molecule has 1 saturated carbocycles. The Kier molecular flexibility index (Phi) is 6.98. The van der Waals surface area contributed by atoms with Crippen LogP contribution in [-0.4, -0.2) is 59.5 Å². The minimum Gasteiger partial charge on any atom is -0.444 e. The lowest BCUT2D eigenvalue weighted by molar-refractivity contribution is -0.126. The van der Waals surface area contributed by atoms with Crippen LogP contribution in [0.5, 0.6) is 0 Å². The summed E-state index contributed by atoms with van der Waals surface area (Å²) in [5, 5.41) is 5.95. The highest BCUT2D eigenvalue weighted by Crippen LogP contribution is 2.28. The molecule has 1 saturated heterocycles. The Labute approximate surface area is 173 Å². The Bertz CT molecular complexity index is 655. The van der Waals surface area contributed by atoms with Gasteiger partial charge >= 0.3 is 6.09 Å². The molecule has 0 radical (unpaired) electrons. The number of rotatable bonds is 1. The van der Waals surface area contributed by atoms with E-state index in [2.05, 4.69) is 21.6 Å². The van der Waals surface area contributed by atoms with Gasteiger partial charge in [0, 0.05) is 12.6 Å². The van der Waals surface area contributed by atoms with E-state index in [1.807, 2.05) is 26.8 Å². The maximum Gasteiger partial charge on any atom is 0.407 e. The molecule has 1 aliphatic carbocycles.